The van der Waals surface area contributed by atoms with Crippen LogP contribution in [0.2, 0.25) is 0 Å². The highest BCUT2D eigenvalue weighted by Gasteiger charge is 2.19. The number of hydrogen-bond acceptors (Lipinski definition) is 5. The zero-order chi connectivity index (χ0) is 14.9. The third-order valence-corrected chi connectivity index (χ3v) is 3.29. The molecule has 0 bridgehead atoms. The molecule has 1 fully saturated rings. The van der Waals surface area contributed by atoms with Crippen LogP contribution < -0.4 is 10.5 Å². The van der Waals surface area contributed by atoms with Crippen LogP contribution in [0.4, 0.5) is 0 Å². The molecule has 0 saturated carbocycles. The predicted molar refractivity (Wildman–Crippen MR) is 81.1 cm³/mol. The molecule has 21 heavy (non-hydrogen) atoms. The van der Waals surface area contributed by atoms with Gasteiger partial charge in [0.15, 0.2) is 0 Å². The van der Waals surface area contributed by atoms with Gasteiger partial charge in [-0.3, -0.25) is 4.90 Å². The third kappa shape index (κ3) is 5.37. The Labute approximate surface area is 125 Å². The van der Waals surface area contributed by atoms with Gasteiger partial charge in [-0.15, -0.1) is 0 Å². The minimum Gasteiger partial charge on any atom is -0.492 e. The maximum atomic E-state index is 9.10. The van der Waals surface area contributed by atoms with Crippen molar-refractivity contribution in [3.8, 4) is 17.6 Å². The van der Waals surface area contributed by atoms with Crippen molar-refractivity contribution in [1.29, 1.82) is 0 Å². The highest BCUT2D eigenvalue weighted by Crippen LogP contribution is 2.12. The van der Waals surface area contributed by atoms with Crippen molar-refractivity contribution in [2.75, 3.05) is 46.0 Å². The largest absolute Gasteiger partial charge is 0.492 e. The molecule has 0 aromatic heterocycles. The number of aliphatic hydroxyl groups is 1. The molecule has 114 valence electrons. The van der Waals surface area contributed by atoms with E-state index in [1.54, 1.807) is 0 Å². The van der Waals surface area contributed by atoms with Crippen LogP contribution in [0.15, 0.2) is 24.3 Å². The highest BCUT2D eigenvalue weighted by atomic mass is 16.5. The molecule has 0 spiro atoms. The van der Waals surface area contributed by atoms with E-state index >= 15 is 0 Å². The minimum absolute atomic E-state index is 0.0702. The van der Waals surface area contributed by atoms with Crippen molar-refractivity contribution in [3.05, 3.63) is 29.8 Å². The molecule has 0 radical (unpaired) electrons. The Morgan fingerprint density at radius 3 is 2.90 bits per heavy atom. The summed E-state index contributed by atoms with van der Waals surface area (Å²) in [6.45, 7) is 4.19. The van der Waals surface area contributed by atoms with Gasteiger partial charge >= 0.3 is 0 Å². The Balaban J connectivity index is 1.73. The van der Waals surface area contributed by atoms with Crippen LogP contribution in [-0.2, 0) is 4.74 Å². The number of nitrogens with zero attached hydrogens (tertiary/aromatic N) is 1. The Kier molecular flexibility index (Phi) is 6.51. The number of benzene rings is 1. The lowest BCUT2D eigenvalue weighted by Crippen LogP contribution is -2.45. The zero-order valence-corrected chi connectivity index (χ0v) is 12.1. The van der Waals surface area contributed by atoms with Gasteiger partial charge in [0.25, 0.3) is 0 Å². The molecule has 1 atom stereocenters. The molecule has 1 unspecified atom stereocenters. The second-order valence-corrected chi connectivity index (χ2v) is 4.85. The standard InChI is InChI=1S/C16H22N2O3/c17-7-1-2-14-3-5-15(6-4-14)20-10-8-18-9-11-21-16(12-18)13-19/h3-6,16,19H,7-13,17H2. The first-order chi connectivity index (χ1) is 10.3. The third-order valence-electron chi connectivity index (χ3n) is 3.29. The molecular formula is C16H22N2O3. The van der Waals surface area contributed by atoms with E-state index in [0.717, 1.165) is 30.9 Å². The van der Waals surface area contributed by atoms with Gasteiger partial charge in [0.1, 0.15) is 12.4 Å². The first kappa shape index (κ1) is 15.8. The summed E-state index contributed by atoms with van der Waals surface area (Å²) in [4.78, 5) is 2.24. The first-order valence-electron chi connectivity index (χ1n) is 7.18. The number of hydrogen-bond donors (Lipinski definition) is 2. The molecule has 1 aromatic rings. The molecule has 1 aromatic carbocycles. The van der Waals surface area contributed by atoms with Gasteiger partial charge in [0.2, 0.25) is 0 Å². The van der Waals surface area contributed by atoms with Gasteiger partial charge in [-0.2, -0.15) is 0 Å². The number of morpholine rings is 1. The van der Waals surface area contributed by atoms with Gasteiger partial charge in [-0.1, -0.05) is 11.8 Å². The van der Waals surface area contributed by atoms with Crippen LogP contribution in [0.5, 0.6) is 5.75 Å². The molecule has 1 saturated heterocycles. The lowest BCUT2D eigenvalue weighted by molar-refractivity contribution is -0.0547. The van der Waals surface area contributed by atoms with E-state index in [-0.39, 0.29) is 12.7 Å². The monoisotopic (exact) mass is 290 g/mol. The predicted octanol–water partition coefficient (Wildman–Crippen LogP) is 0.0687. The number of aliphatic hydroxyl groups excluding tert-OH is 1. The van der Waals surface area contributed by atoms with E-state index in [4.69, 9.17) is 20.3 Å². The van der Waals surface area contributed by atoms with E-state index < -0.39 is 0 Å². The van der Waals surface area contributed by atoms with Crippen molar-refractivity contribution >= 4 is 0 Å². The minimum atomic E-state index is -0.0702. The molecule has 5 nitrogen and oxygen atoms in total. The van der Waals surface area contributed by atoms with E-state index in [0.29, 0.717) is 19.8 Å². The zero-order valence-electron chi connectivity index (χ0n) is 12.1. The summed E-state index contributed by atoms with van der Waals surface area (Å²) in [6.07, 6.45) is -0.0702. The average molecular weight is 290 g/mol. The van der Waals surface area contributed by atoms with Gasteiger partial charge in [0, 0.05) is 25.2 Å². The van der Waals surface area contributed by atoms with Crippen LogP contribution in [0.25, 0.3) is 0 Å². The van der Waals surface area contributed by atoms with Gasteiger partial charge in [0.05, 0.1) is 25.9 Å². The SMILES string of the molecule is NCC#Cc1ccc(OCCN2CCOC(CO)C2)cc1. The van der Waals surface area contributed by atoms with Crippen LogP contribution >= 0.6 is 0 Å². The molecule has 0 amide bonds. The van der Waals surface area contributed by atoms with Crippen LogP contribution in [0.1, 0.15) is 5.56 Å². The van der Waals surface area contributed by atoms with E-state index in [2.05, 4.69) is 16.7 Å². The summed E-state index contributed by atoms with van der Waals surface area (Å²) in [7, 11) is 0. The lowest BCUT2D eigenvalue weighted by Gasteiger charge is -2.31. The van der Waals surface area contributed by atoms with Crippen molar-refractivity contribution in [2.24, 2.45) is 5.73 Å². The highest BCUT2D eigenvalue weighted by molar-refractivity contribution is 5.38. The summed E-state index contributed by atoms with van der Waals surface area (Å²) in [6, 6.07) is 7.68. The van der Waals surface area contributed by atoms with Crippen LogP contribution in [-0.4, -0.2) is 62.1 Å². The summed E-state index contributed by atoms with van der Waals surface area (Å²) in [5, 5.41) is 9.10. The van der Waals surface area contributed by atoms with Gasteiger partial charge in [-0.25, -0.2) is 0 Å². The second kappa shape index (κ2) is 8.65. The van der Waals surface area contributed by atoms with Crippen molar-refractivity contribution in [2.45, 2.75) is 6.10 Å². The van der Waals surface area contributed by atoms with Crippen LogP contribution in [0, 0.1) is 11.8 Å². The number of rotatable bonds is 5. The molecule has 1 heterocycles. The topological polar surface area (TPSA) is 68.0 Å². The summed E-state index contributed by atoms with van der Waals surface area (Å²) < 4.78 is 11.1. The van der Waals surface area contributed by atoms with E-state index in [9.17, 15) is 0 Å². The molecule has 5 heteroatoms. The normalized spacial score (nSPS) is 18.9. The first-order valence-corrected chi connectivity index (χ1v) is 7.18. The fourth-order valence-electron chi connectivity index (χ4n) is 2.17. The quantitative estimate of drug-likeness (QED) is 0.751. The molecule has 3 N–H and O–H groups in total. The number of nitrogens with two attached hydrogens (primary N) is 1. The Hall–Kier alpha value is -1.58. The van der Waals surface area contributed by atoms with E-state index in [1.807, 2.05) is 24.3 Å². The fraction of sp³-hybridized carbons (Fsp3) is 0.500. The number of ether oxygens (including phenoxy) is 2. The van der Waals surface area contributed by atoms with Gasteiger partial charge in [-0.05, 0) is 24.3 Å². The second-order valence-electron chi connectivity index (χ2n) is 4.85. The van der Waals surface area contributed by atoms with Crippen molar-refractivity contribution in [3.63, 3.8) is 0 Å². The van der Waals surface area contributed by atoms with Crippen molar-refractivity contribution < 1.29 is 14.6 Å². The van der Waals surface area contributed by atoms with Gasteiger partial charge < -0.3 is 20.3 Å². The lowest BCUT2D eigenvalue weighted by atomic mass is 10.2. The molecule has 2 rings (SSSR count). The Morgan fingerprint density at radius 1 is 1.38 bits per heavy atom. The Bertz CT molecular complexity index is 479. The summed E-state index contributed by atoms with van der Waals surface area (Å²) in [5.74, 6) is 6.63. The smallest absolute Gasteiger partial charge is 0.119 e. The van der Waals surface area contributed by atoms with Crippen LogP contribution in [0.3, 0.4) is 0 Å². The maximum absolute atomic E-state index is 9.10. The maximum Gasteiger partial charge on any atom is 0.119 e. The Morgan fingerprint density at radius 2 is 2.19 bits per heavy atom. The van der Waals surface area contributed by atoms with E-state index in [1.165, 1.54) is 0 Å². The molecule has 1 aliphatic heterocycles. The molecule has 0 aliphatic carbocycles. The summed E-state index contributed by atoms with van der Waals surface area (Å²) >= 11 is 0. The molecular weight excluding hydrogens is 268 g/mol. The summed E-state index contributed by atoms with van der Waals surface area (Å²) in [5.41, 5.74) is 6.27. The van der Waals surface area contributed by atoms with Crippen molar-refractivity contribution in [1.82, 2.24) is 4.90 Å². The molecule has 1 aliphatic rings. The fourth-order valence-corrected chi connectivity index (χ4v) is 2.17. The average Bonchev–Trinajstić information content (AvgIpc) is 2.54.